The van der Waals surface area contributed by atoms with Gasteiger partial charge in [-0.2, -0.15) is 10.2 Å². The zero-order valence-corrected chi connectivity index (χ0v) is 18.1. The number of hydrogen-bond acceptors (Lipinski definition) is 6. The molecule has 5 N–H and O–H groups in total. The fourth-order valence-corrected chi connectivity index (χ4v) is 3.82. The number of ether oxygens (including phenoxy) is 1. The molecule has 32 heavy (non-hydrogen) atoms. The summed E-state index contributed by atoms with van der Waals surface area (Å²) in [4.78, 5) is 11.4. The number of benzene rings is 2. The normalized spacial score (nSPS) is 13.1. The molecular formula is C21H21N5O5S. The van der Waals surface area contributed by atoms with Crippen molar-refractivity contribution in [2.24, 2.45) is 10.9 Å². The number of methoxy groups -OCH3 is 1. The van der Waals surface area contributed by atoms with Gasteiger partial charge in [0.25, 0.3) is 0 Å². The van der Waals surface area contributed by atoms with E-state index in [-0.39, 0.29) is 21.3 Å². The van der Waals surface area contributed by atoms with Gasteiger partial charge in [-0.3, -0.25) is 5.21 Å². The number of primary amides is 1. The molecule has 0 saturated carbocycles. The summed E-state index contributed by atoms with van der Waals surface area (Å²) in [7, 11) is -2.58. The number of terminal acetylenes is 1. The van der Waals surface area contributed by atoms with Crippen molar-refractivity contribution in [1.82, 2.24) is 14.8 Å². The molecule has 2 aromatic carbocycles. The highest BCUT2D eigenvalue weighted by Crippen LogP contribution is 2.33. The molecule has 1 aromatic heterocycles. The molecule has 1 heterocycles. The summed E-state index contributed by atoms with van der Waals surface area (Å²) < 4.78 is 30.9. The van der Waals surface area contributed by atoms with E-state index in [1.165, 1.54) is 43.0 Å². The first-order valence-electron chi connectivity index (χ1n) is 9.16. The first kappa shape index (κ1) is 22.8. The molecule has 2 amide bonds. The number of primary sulfonamides is 1. The van der Waals surface area contributed by atoms with Gasteiger partial charge < -0.3 is 10.5 Å². The summed E-state index contributed by atoms with van der Waals surface area (Å²) in [6, 6.07) is 13.2. The lowest BCUT2D eigenvalue weighted by atomic mass is 9.97. The maximum Gasteiger partial charge on any atom is 0.340 e. The zero-order chi connectivity index (χ0) is 23.7. The minimum Gasteiger partial charge on any atom is -0.497 e. The van der Waals surface area contributed by atoms with Crippen LogP contribution in [0.15, 0.2) is 59.5 Å². The van der Waals surface area contributed by atoms with Crippen molar-refractivity contribution in [2.45, 2.75) is 17.4 Å². The van der Waals surface area contributed by atoms with Gasteiger partial charge in [0.1, 0.15) is 16.3 Å². The summed E-state index contributed by atoms with van der Waals surface area (Å²) >= 11 is 0. The van der Waals surface area contributed by atoms with Crippen LogP contribution in [0.1, 0.15) is 12.6 Å². The van der Waals surface area contributed by atoms with Crippen LogP contribution in [0.3, 0.4) is 0 Å². The number of carbonyl (C=O) groups excluding carboxylic acids is 1. The van der Waals surface area contributed by atoms with Gasteiger partial charge in [-0.1, -0.05) is 18.1 Å². The number of urea groups is 1. The van der Waals surface area contributed by atoms with Crippen LogP contribution in [0.25, 0.3) is 16.9 Å². The average molecular weight is 455 g/mol. The number of nitrogens with two attached hydrogens (primary N) is 2. The third-order valence-corrected chi connectivity index (χ3v) is 5.87. The minimum atomic E-state index is -4.11. The Morgan fingerprint density at radius 3 is 2.41 bits per heavy atom. The van der Waals surface area contributed by atoms with Crippen molar-refractivity contribution >= 4 is 16.1 Å². The van der Waals surface area contributed by atoms with E-state index in [1.54, 1.807) is 30.3 Å². The Morgan fingerprint density at radius 2 is 1.88 bits per heavy atom. The minimum absolute atomic E-state index is 0.0661. The maximum atomic E-state index is 12.2. The summed E-state index contributed by atoms with van der Waals surface area (Å²) in [5, 5.41) is 20.2. The van der Waals surface area contributed by atoms with Gasteiger partial charge >= 0.3 is 6.03 Å². The predicted molar refractivity (Wildman–Crippen MR) is 116 cm³/mol. The quantitative estimate of drug-likeness (QED) is 0.293. The second-order valence-corrected chi connectivity index (χ2v) is 8.46. The van der Waals surface area contributed by atoms with Gasteiger partial charge in [0, 0.05) is 5.56 Å². The summed E-state index contributed by atoms with van der Waals surface area (Å²) in [6.07, 6.45) is 5.61. The van der Waals surface area contributed by atoms with E-state index in [2.05, 4.69) is 11.0 Å². The van der Waals surface area contributed by atoms with Crippen molar-refractivity contribution in [1.29, 1.82) is 0 Å². The van der Waals surface area contributed by atoms with Crippen LogP contribution in [0.2, 0.25) is 0 Å². The second kappa shape index (κ2) is 8.35. The number of aromatic nitrogens is 2. The van der Waals surface area contributed by atoms with Crippen LogP contribution in [0.4, 0.5) is 4.79 Å². The molecule has 0 radical (unpaired) electrons. The molecule has 0 aliphatic rings. The number of hydroxylamine groups is 2. The van der Waals surface area contributed by atoms with E-state index in [0.717, 1.165) is 0 Å². The molecule has 0 fully saturated rings. The Morgan fingerprint density at radius 1 is 1.25 bits per heavy atom. The molecular weight excluding hydrogens is 434 g/mol. The summed E-state index contributed by atoms with van der Waals surface area (Å²) in [5.41, 5.74) is 4.72. The number of sulfonamides is 1. The molecule has 166 valence electrons. The van der Waals surface area contributed by atoms with Crippen LogP contribution >= 0.6 is 0 Å². The predicted octanol–water partition coefficient (Wildman–Crippen LogP) is 1.81. The Kier molecular flexibility index (Phi) is 5.96. The number of rotatable bonds is 6. The van der Waals surface area contributed by atoms with E-state index in [4.69, 9.17) is 22.0 Å². The van der Waals surface area contributed by atoms with E-state index in [1.807, 2.05) is 0 Å². The lowest BCUT2D eigenvalue weighted by molar-refractivity contribution is -0.0997. The molecule has 3 aromatic rings. The molecule has 10 nitrogen and oxygen atoms in total. The monoisotopic (exact) mass is 455 g/mol. The van der Waals surface area contributed by atoms with Gasteiger partial charge in [0.2, 0.25) is 10.0 Å². The van der Waals surface area contributed by atoms with Crippen LogP contribution in [0, 0.1) is 12.3 Å². The molecule has 0 aliphatic heterocycles. The van der Waals surface area contributed by atoms with Crippen molar-refractivity contribution in [2.75, 3.05) is 7.11 Å². The van der Waals surface area contributed by atoms with E-state index >= 15 is 0 Å². The van der Waals surface area contributed by atoms with Gasteiger partial charge in [0.05, 0.1) is 18.5 Å². The van der Waals surface area contributed by atoms with Crippen LogP contribution in [0.5, 0.6) is 5.75 Å². The first-order valence-corrected chi connectivity index (χ1v) is 10.7. The number of para-hydroxylation sites is 1. The fourth-order valence-electron chi connectivity index (χ4n) is 3.11. The number of hydrogen-bond donors (Lipinski definition) is 3. The molecule has 3 rings (SSSR count). The fraction of sp³-hybridized carbons (Fsp3) is 0.143. The molecule has 1 unspecified atom stereocenters. The molecule has 0 saturated heterocycles. The van der Waals surface area contributed by atoms with E-state index in [9.17, 15) is 18.4 Å². The molecule has 1 atom stereocenters. The van der Waals surface area contributed by atoms with Gasteiger partial charge in [-0.15, -0.1) is 6.42 Å². The van der Waals surface area contributed by atoms with E-state index < -0.39 is 21.6 Å². The lowest BCUT2D eigenvalue weighted by Crippen LogP contribution is -2.47. The Labute approximate surface area is 185 Å². The van der Waals surface area contributed by atoms with Crippen molar-refractivity contribution in [3.8, 4) is 35.0 Å². The number of amides is 2. The highest BCUT2D eigenvalue weighted by atomic mass is 32.2. The molecule has 0 aliphatic carbocycles. The largest absolute Gasteiger partial charge is 0.497 e. The average Bonchev–Trinajstić information content (AvgIpc) is 3.23. The smallest absolute Gasteiger partial charge is 0.340 e. The third-order valence-electron chi connectivity index (χ3n) is 4.91. The number of nitrogens with zero attached hydrogens (tertiary/aromatic N) is 3. The van der Waals surface area contributed by atoms with Crippen molar-refractivity contribution < 1.29 is 23.2 Å². The maximum absolute atomic E-state index is 12.2. The second-order valence-electron chi connectivity index (χ2n) is 6.93. The highest BCUT2D eigenvalue weighted by Gasteiger charge is 2.38. The van der Waals surface area contributed by atoms with E-state index in [0.29, 0.717) is 17.0 Å². The van der Waals surface area contributed by atoms with Crippen LogP contribution in [-0.4, -0.2) is 41.6 Å². The topological polar surface area (TPSA) is 154 Å². The Balaban J connectivity index is 2.34. The standard InChI is InChI=1S/C21H21N5O5S/c1-4-21(2,26(28)20(22)27)19-13-17(14-9-11-15(31-3)12-10-14)25(24-19)16-7-5-6-8-18(16)32(23,29)30/h1,5-13,28H,2-3H3,(H2,22,27)(H2,23,29,30). The SMILES string of the molecule is C#CC(C)(c1cc(-c2ccc(OC)cc2)n(-c2ccccc2S(N)(=O)=O)n1)N(O)C(N)=O. The summed E-state index contributed by atoms with van der Waals surface area (Å²) in [5.74, 6) is 2.92. The van der Waals surface area contributed by atoms with Crippen molar-refractivity contribution in [3.63, 3.8) is 0 Å². The summed E-state index contributed by atoms with van der Waals surface area (Å²) in [6.45, 7) is 1.37. The number of carbonyl (C=O) groups is 1. The van der Waals surface area contributed by atoms with Crippen LogP contribution < -0.4 is 15.6 Å². The lowest BCUT2D eigenvalue weighted by Gasteiger charge is -2.28. The van der Waals surface area contributed by atoms with Crippen LogP contribution in [-0.2, 0) is 15.6 Å². The third kappa shape index (κ3) is 4.02. The molecule has 0 spiro atoms. The highest BCUT2D eigenvalue weighted by molar-refractivity contribution is 7.89. The first-order chi connectivity index (χ1) is 15.0. The van der Waals surface area contributed by atoms with Gasteiger partial charge in [0.15, 0.2) is 5.54 Å². The Hall–Kier alpha value is -3.85. The molecule has 11 heteroatoms. The van der Waals surface area contributed by atoms with Gasteiger partial charge in [-0.25, -0.2) is 23.0 Å². The van der Waals surface area contributed by atoms with Crippen molar-refractivity contribution in [3.05, 3.63) is 60.3 Å². The zero-order valence-electron chi connectivity index (χ0n) is 17.3. The van der Waals surface area contributed by atoms with Gasteiger partial charge in [-0.05, 0) is 49.4 Å². The molecule has 0 bridgehead atoms. The Bertz CT molecular complexity index is 1310.